The van der Waals surface area contributed by atoms with Gasteiger partial charge in [-0.05, 0) is 43.9 Å². The number of aryl methyl sites for hydroxylation is 1. The van der Waals surface area contributed by atoms with Crippen molar-refractivity contribution in [2.75, 3.05) is 32.8 Å². The largest absolute Gasteiger partial charge is 0.370 e. The smallest absolute Gasteiger partial charge is 0.255 e. The number of amides is 1. The van der Waals surface area contributed by atoms with Crippen LogP contribution in [0.3, 0.4) is 0 Å². The highest BCUT2D eigenvalue weighted by Gasteiger charge is 2.45. The molecular weight excluding hydrogens is 410 g/mol. The number of aromatic amines is 1. The summed E-state index contributed by atoms with van der Waals surface area (Å²) in [4.78, 5) is 33.8. The first-order chi connectivity index (χ1) is 15.0. The van der Waals surface area contributed by atoms with Gasteiger partial charge < -0.3 is 19.5 Å². The summed E-state index contributed by atoms with van der Waals surface area (Å²) >= 11 is 1.98. The third-order valence-corrected chi connectivity index (χ3v) is 8.57. The lowest BCUT2D eigenvalue weighted by Gasteiger charge is -2.49. The lowest BCUT2D eigenvalue weighted by Crippen LogP contribution is -2.57. The predicted molar refractivity (Wildman–Crippen MR) is 122 cm³/mol. The molecule has 5 rings (SSSR count). The molecule has 2 fully saturated rings. The minimum Gasteiger partial charge on any atom is -0.370 e. The number of H-pyrrole nitrogens is 1. The van der Waals surface area contributed by atoms with Crippen molar-refractivity contribution in [2.45, 2.75) is 51.2 Å². The maximum Gasteiger partial charge on any atom is 0.255 e. The van der Waals surface area contributed by atoms with Crippen molar-refractivity contribution in [3.63, 3.8) is 0 Å². The van der Waals surface area contributed by atoms with E-state index < -0.39 is 0 Å². The molecule has 1 N–H and O–H groups in total. The first-order valence-corrected chi connectivity index (χ1v) is 12.3. The van der Waals surface area contributed by atoms with Crippen LogP contribution in [0.4, 0.5) is 0 Å². The van der Waals surface area contributed by atoms with Gasteiger partial charge in [0.25, 0.3) is 5.91 Å². The van der Waals surface area contributed by atoms with Gasteiger partial charge in [0.15, 0.2) is 0 Å². The van der Waals surface area contributed by atoms with E-state index in [1.54, 1.807) is 10.9 Å². The number of pyridine rings is 1. The highest BCUT2D eigenvalue weighted by atomic mass is 32.1. The number of carbonyl (C=O) groups is 1. The van der Waals surface area contributed by atoms with Crippen LogP contribution >= 0.6 is 11.3 Å². The summed E-state index contributed by atoms with van der Waals surface area (Å²) in [5.41, 5.74) is 1.74. The fourth-order valence-electron chi connectivity index (χ4n) is 5.46. The van der Waals surface area contributed by atoms with Gasteiger partial charge >= 0.3 is 0 Å². The van der Waals surface area contributed by atoms with Crippen LogP contribution in [-0.2, 0) is 23.2 Å². The SMILES string of the molecule is CCc1cc2c(s1)CCO[C@@]21CCN(CC2CN(C(=O)c3ccc(=O)[nH]c3)C2)[C@@H](C)C1. The van der Waals surface area contributed by atoms with Crippen molar-refractivity contribution in [1.82, 2.24) is 14.8 Å². The number of fused-ring (bicyclic) bond motifs is 2. The zero-order valence-corrected chi connectivity index (χ0v) is 19.2. The molecule has 1 amide bonds. The molecule has 0 aliphatic carbocycles. The molecule has 5 heterocycles. The van der Waals surface area contributed by atoms with E-state index in [4.69, 9.17) is 4.74 Å². The van der Waals surface area contributed by atoms with E-state index in [2.05, 4.69) is 29.8 Å². The topological polar surface area (TPSA) is 65.6 Å². The molecule has 0 radical (unpaired) electrons. The Morgan fingerprint density at radius 3 is 2.90 bits per heavy atom. The number of ether oxygens (including phenoxy) is 1. The summed E-state index contributed by atoms with van der Waals surface area (Å²) in [5, 5.41) is 0. The van der Waals surface area contributed by atoms with Crippen LogP contribution in [0.1, 0.15) is 52.4 Å². The summed E-state index contributed by atoms with van der Waals surface area (Å²) in [6.07, 6.45) is 5.77. The molecule has 2 saturated heterocycles. The van der Waals surface area contributed by atoms with Crippen LogP contribution in [0.25, 0.3) is 0 Å². The molecule has 7 heteroatoms. The zero-order chi connectivity index (χ0) is 21.6. The lowest BCUT2D eigenvalue weighted by molar-refractivity contribution is -0.114. The molecule has 31 heavy (non-hydrogen) atoms. The summed E-state index contributed by atoms with van der Waals surface area (Å²) in [7, 11) is 0. The summed E-state index contributed by atoms with van der Waals surface area (Å²) in [6, 6.07) is 5.89. The van der Waals surface area contributed by atoms with Gasteiger partial charge in [0.2, 0.25) is 5.56 Å². The number of thiophene rings is 1. The number of piperidine rings is 1. The maximum absolute atomic E-state index is 12.6. The van der Waals surface area contributed by atoms with Gasteiger partial charge in [-0.3, -0.25) is 9.59 Å². The van der Waals surface area contributed by atoms with Crippen molar-refractivity contribution in [2.24, 2.45) is 5.92 Å². The Hall–Kier alpha value is -1.96. The molecule has 0 saturated carbocycles. The van der Waals surface area contributed by atoms with Crippen molar-refractivity contribution >= 4 is 17.2 Å². The Kier molecular flexibility index (Phi) is 5.52. The quantitative estimate of drug-likeness (QED) is 0.792. The van der Waals surface area contributed by atoms with Crippen molar-refractivity contribution in [3.8, 4) is 0 Å². The highest BCUT2D eigenvalue weighted by molar-refractivity contribution is 7.12. The van der Waals surface area contributed by atoms with E-state index in [1.165, 1.54) is 22.7 Å². The van der Waals surface area contributed by atoms with E-state index in [1.807, 2.05) is 16.2 Å². The second kappa shape index (κ2) is 8.19. The summed E-state index contributed by atoms with van der Waals surface area (Å²) in [6.45, 7) is 9.06. The minimum atomic E-state index is -0.183. The van der Waals surface area contributed by atoms with Crippen LogP contribution in [-0.4, -0.2) is 59.5 Å². The average molecular weight is 442 g/mol. The molecule has 6 nitrogen and oxygen atoms in total. The highest BCUT2D eigenvalue weighted by Crippen LogP contribution is 2.46. The second-order valence-corrected chi connectivity index (χ2v) is 10.5. The maximum atomic E-state index is 12.6. The Balaban J connectivity index is 1.18. The third kappa shape index (κ3) is 3.88. The molecular formula is C24H31N3O3S. The number of aromatic nitrogens is 1. The number of carbonyl (C=O) groups excluding carboxylic acids is 1. The van der Waals surface area contributed by atoms with Gasteiger partial charge in [-0.25, -0.2) is 0 Å². The lowest BCUT2D eigenvalue weighted by atomic mass is 9.79. The fraction of sp³-hybridized carbons (Fsp3) is 0.583. The number of nitrogens with zero attached hydrogens (tertiary/aromatic N) is 2. The van der Waals surface area contributed by atoms with E-state index in [0.29, 0.717) is 17.5 Å². The average Bonchev–Trinajstić information content (AvgIpc) is 3.17. The van der Waals surface area contributed by atoms with Crippen LogP contribution in [0.15, 0.2) is 29.2 Å². The molecule has 0 aromatic carbocycles. The summed E-state index contributed by atoms with van der Waals surface area (Å²) in [5.74, 6) is 0.518. The van der Waals surface area contributed by atoms with Crippen molar-refractivity contribution < 1.29 is 9.53 Å². The van der Waals surface area contributed by atoms with Crippen LogP contribution in [0.2, 0.25) is 0 Å². The third-order valence-electron chi connectivity index (χ3n) is 7.23. The molecule has 3 aliphatic heterocycles. The van der Waals surface area contributed by atoms with Gasteiger partial charge in [-0.2, -0.15) is 0 Å². The number of hydrogen-bond acceptors (Lipinski definition) is 5. The van der Waals surface area contributed by atoms with Crippen molar-refractivity contribution in [3.05, 3.63) is 55.6 Å². The Morgan fingerprint density at radius 2 is 2.19 bits per heavy atom. The number of likely N-dealkylation sites (tertiary alicyclic amines) is 2. The van der Waals surface area contributed by atoms with E-state index in [0.717, 1.165) is 58.5 Å². The van der Waals surface area contributed by atoms with Crippen LogP contribution < -0.4 is 5.56 Å². The molecule has 0 unspecified atom stereocenters. The number of rotatable bonds is 4. The molecule has 2 aromatic rings. The molecule has 2 aromatic heterocycles. The molecule has 1 spiro atoms. The standard InChI is InChI=1S/C24H31N3O3S/c1-3-19-10-20-21(31-19)6-9-30-24(20)7-8-26(16(2)11-24)13-17-14-27(15-17)23(29)18-4-5-22(28)25-12-18/h4-5,10,12,16-17H,3,6-9,11,13-15H2,1-2H3,(H,25,28)/t16-,24+/m0/s1. The van der Waals surface area contributed by atoms with Crippen molar-refractivity contribution in [1.29, 1.82) is 0 Å². The predicted octanol–water partition coefficient (Wildman–Crippen LogP) is 3.02. The van der Waals surface area contributed by atoms with Crippen LogP contribution in [0.5, 0.6) is 0 Å². The number of hydrogen-bond donors (Lipinski definition) is 1. The van der Waals surface area contributed by atoms with Gasteiger partial charge in [0.05, 0.1) is 17.8 Å². The Labute approximate surface area is 187 Å². The number of nitrogens with one attached hydrogen (secondary N) is 1. The van der Waals surface area contributed by atoms with Gasteiger partial charge in [-0.1, -0.05) is 6.92 Å². The monoisotopic (exact) mass is 441 g/mol. The normalized spacial score (nSPS) is 26.6. The van der Waals surface area contributed by atoms with E-state index >= 15 is 0 Å². The molecule has 166 valence electrons. The van der Waals surface area contributed by atoms with E-state index in [9.17, 15) is 9.59 Å². The first kappa shape index (κ1) is 20.9. The Bertz CT molecular complexity index is 1000. The Morgan fingerprint density at radius 1 is 1.35 bits per heavy atom. The van der Waals surface area contributed by atoms with Crippen LogP contribution in [0, 0.1) is 5.92 Å². The fourth-order valence-corrected chi connectivity index (χ4v) is 6.63. The molecule has 2 atom stereocenters. The van der Waals surface area contributed by atoms with Gasteiger partial charge in [0.1, 0.15) is 0 Å². The second-order valence-electron chi connectivity index (χ2n) is 9.31. The van der Waals surface area contributed by atoms with E-state index in [-0.39, 0.29) is 17.1 Å². The zero-order valence-electron chi connectivity index (χ0n) is 18.4. The molecule has 3 aliphatic rings. The minimum absolute atomic E-state index is 0.00506. The summed E-state index contributed by atoms with van der Waals surface area (Å²) < 4.78 is 6.46. The van der Waals surface area contributed by atoms with Gasteiger partial charge in [0, 0.05) is 66.6 Å². The van der Waals surface area contributed by atoms with Gasteiger partial charge in [-0.15, -0.1) is 11.3 Å². The first-order valence-electron chi connectivity index (χ1n) is 11.5. The molecule has 0 bridgehead atoms.